The number of hydrogen-bond donors (Lipinski definition) is 2. The Balaban J connectivity index is 2.09. The molecule has 0 saturated carbocycles. The van der Waals surface area contributed by atoms with Crippen molar-refractivity contribution in [3.63, 3.8) is 0 Å². The van der Waals surface area contributed by atoms with E-state index in [-0.39, 0.29) is 5.54 Å². The number of imidazole rings is 1. The van der Waals surface area contributed by atoms with E-state index >= 15 is 0 Å². The van der Waals surface area contributed by atoms with Crippen molar-refractivity contribution in [1.82, 2.24) is 9.97 Å². The second-order valence-electron chi connectivity index (χ2n) is 6.02. The van der Waals surface area contributed by atoms with Crippen molar-refractivity contribution < 1.29 is 0 Å². The number of nitrogens with one attached hydrogen (secondary N) is 2. The van der Waals surface area contributed by atoms with Crippen molar-refractivity contribution in [2.75, 3.05) is 5.32 Å². The van der Waals surface area contributed by atoms with Gasteiger partial charge in [-0.05, 0) is 45.0 Å². The Morgan fingerprint density at radius 1 is 0.950 bits per heavy atom. The van der Waals surface area contributed by atoms with Gasteiger partial charge in [-0.2, -0.15) is 0 Å². The Hall–Kier alpha value is -2.29. The summed E-state index contributed by atoms with van der Waals surface area (Å²) in [7, 11) is 0. The predicted molar refractivity (Wildman–Crippen MR) is 84.9 cm³/mol. The largest absolute Gasteiger partial charge is 0.380 e. The van der Waals surface area contributed by atoms with Crippen LogP contribution >= 0.6 is 0 Å². The van der Waals surface area contributed by atoms with Gasteiger partial charge >= 0.3 is 0 Å². The average Bonchev–Trinajstić information content (AvgIpc) is 2.81. The molecule has 0 atom stereocenters. The molecule has 0 amide bonds. The first-order chi connectivity index (χ1) is 9.53. The minimum Gasteiger partial charge on any atom is -0.380 e. The first kappa shape index (κ1) is 12.7. The third kappa shape index (κ3) is 2.52. The molecule has 0 aliphatic rings. The number of hydrogen-bond acceptors (Lipinski definition) is 2. The Bertz CT molecular complexity index is 702. The second kappa shape index (κ2) is 4.67. The molecule has 0 aliphatic carbocycles. The lowest BCUT2D eigenvalue weighted by Gasteiger charge is -2.23. The number of aromatic nitrogens is 2. The van der Waals surface area contributed by atoms with E-state index in [2.05, 4.69) is 48.2 Å². The fourth-order valence-electron chi connectivity index (χ4n) is 2.28. The third-order valence-corrected chi connectivity index (χ3v) is 3.08. The Morgan fingerprint density at radius 2 is 1.65 bits per heavy atom. The molecule has 0 saturated heterocycles. The van der Waals surface area contributed by atoms with E-state index in [1.54, 1.807) is 0 Å². The minimum absolute atomic E-state index is 0.0160. The fourth-order valence-corrected chi connectivity index (χ4v) is 2.28. The summed E-state index contributed by atoms with van der Waals surface area (Å²) < 4.78 is 0. The number of H-pyrrole nitrogens is 1. The number of anilines is 1. The van der Waals surface area contributed by atoms with Gasteiger partial charge in [0.05, 0.1) is 11.0 Å². The van der Waals surface area contributed by atoms with Crippen molar-refractivity contribution in [3.05, 3.63) is 48.5 Å². The predicted octanol–water partition coefficient (Wildman–Crippen LogP) is 4.44. The van der Waals surface area contributed by atoms with Gasteiger partial charge in [0.1, 0.15) is 5.82 Å². The summed E-state index contributed by atoms with van der Waals surface area (Å²) in [6.45, 7) is 6.47. The fraction of sp³-hybridized carbons (Fsp3) is 0.235. The summed E-state index contributed by atoms with van der Waals surface area (Å²) >= 11 is 0. The van der Waals surface area contributed by atoms with Crippen molar-refractivity contribution in [1.29, 1.82) is 0 Å². The molecule has 1 aromatic heterocycles. The number of fused-ring (bicyclic) bond motifs is 1. The summed E-state index contributed by atoms with van der Waals surface area (Å²) in [6.07, 6.45) is 0. The summed E-state index contributed by atoms with van der Waals surface area (Å²) in [5.74, 6) is 0.901. The summed E-state index contributed by atoms with van der Waals surface area (Å²) in [4.78, 5) is 8.06. The van der Waals surface area contributed by atoms with Crippen LogP contribution in [0.1, 0.15) is 20.8 Å². The maximum Gasteiger partial charge on any atom is 0.140 e. The molecule has 0 radical (unpaired) electrons. The van der Waals surface area contributed by atoms with Crippen molar-refractivity contribution >= 4 is 16.7 Å². The highest BCUT2D eigenvalue weighted by molar-refractivity contribution is 5.83. The molecule has 2 N–H and O–H groups in total. The van der Waals surface area contributed by atoms with Gasteiger partial charge in [-0.15, -0.1) is 0 Å². The molecule has 0 aliphatic heterocycles. The second-order valence-corrected chi connectivity index (χ2v) is 6.02. The van der Waals surface area contributed by atoms with Gasteiger partial charge in [0, 0.05) is 16.8 Å². The topological polar surface area (TPSA) is 40.7 Å². The van der Waals surface area contributed by atoms with E-state index in [1.807, 2.05) is 36.4 Å². The van der Waals surface area contributed by atoms with Gasteiger partial charge in [-0.1, -0.05) is 24.3 Å². The summed E-state index contributed by atoms with van der Waals surface area (Å²) in [5, 5.41) is 3.53. The lowest BCUT2D eigenvalue weighted by molar-refractivity contribution is 0.634. The highest BCUT2D eigenvalue weighted by atomic mass is 15.0. The monoisotopic (exact) mass is 265 g/mol. The van der Waals surface area contributed by atoms with E-state index in [0.717, 1.165) is 28.1 Å². The van der Waals surface area contributed by atoms with E-state index in [0.29, 0.717) is 0 Å². The number of nitrogens with zero attached hydrogens (tertiary/aromatic N) is 1. The van der Waals surface area contributed by atoms with Crippen molar-refractivity contribution in [3.8, 4) is 11.4 Å². The van der Waals surface area contributed by atoms with Crippen molar-refractivity contribution in [2.45, 2.75) is 26.3 Å². The zero-order chi connectivity index (χ0) is 14.2. The van der Waals surface area contributed by atoms with Crippen LogP contribution in [-0.4, -0.2) is 15.5 Å². The standard InChI is InChI=1S/C17H19N3/c1-17(2,3)20-13-9-5-4-8-12(13)16-18-14-10-6-7-11-15(14)19-16/h4-11,20H,1-3H3,(H,18,19). The van der Waals surface area contributed by atoms with E-state index in [9.17, 15) is 0 Å². The van der Waals surface area contributed by atoms with Crippen LogP contribution in [0, 0.1) is 0 Å². The van der Waals surface area contributed by atoms with E-state index in [4.69, 9.17) is 0 Å². The quantitative estimate of drug-likeness (QED) is 0.719. The van der Waals surface area contributed by atoms with Crippen LogP contribution in [0.5, 0.6) is 0 Å². The number of para-hydroxylation sites is 3. The smallest absolute Gasteiger partial charge is 0.140 e. The number of benzene rings is 2. The average molecular weight is 265 g/mol. The van der Waals surface area contributed by atoms with Gasteiger partial charge in [-0.3, -0.25) is 0 Å². The molecule has 3 aromatic rings. The first-order valence-electron chi connectivity index (χ1n) is 6.85. The Morgan fingerprint density at radius 3 is 2.40 bits per heavy atom. The molecule has 2 aromatic carbocycles. The molecule has 1 heterocycles. The molecule has 0 unspecified atom stereocenters. The first-order valence-corrected chi connectivity index (χ1v) is 6.85. The highest BCUT2D eigenvalue weighted by Crippen LogP contribution is 2.29. The molecule has 0 bridgehead atoms. The number of aromatic amines is 1. The van der Waals surface area contributed by atoms with Crippen LogP contribution in [0.2, 0.25) is 0 Å². The van der Waals surface area contributed by atoms with Crippen LogP contribution in [0.15, 0.2) is 48.5 Å². The zero-order valence-corrected chi connectivity index (χ0v) is 12.1. The highest BCUT2D eigenvalue weighted by Gasteiger charge is 2.14. The molecular formula is C17H19N3. The van der Waals surface area contributed by atoms with Gasteiger partial charge in [0.2, 0.25) is 0 Å². The van der Waals surface area contributed by atoms with Crippen LogP contribution in [0.4, 0.5) is 5.69 Å². The van der Waals surface area contributed by atoms with Gasteiger partial charge in [0.15, 0.2) is 0 Å². The van der Waals surface area contributed by atoms with E-state index < -0.39 is 0 Å². The molecule has 20 heavy (non-hydrogen) atoms. The summed E-state index contributed by atoms with van der Waals surface area (Å²) in [6, 6.07) is 16.4. The lowest BCUT2D eigenvalue weighted by Crippen LogP contribution is -2.26. The SMILES string of the molecule is CC(C)(C)Nc1ccccc1-c1nc2ccccc2[nH]1. The molecule has 102 valence electrons. The molecule has 3 heteroatoms. The molecular weight excluding hydrogens is 246 g/mol. The third-order valence-electron chi connectivity index (χ3n) is 3.08. The Kier molecular flexibility index (Phi) is 2.97. The Labute approximate surface area is 119 Å². The maximum atomic E-state index is 4.68. The zero-order valence-electron chi connectivity index (χ0n) is 12.1. The van der Waals surface area contributed by atoms with Crippen LogP contribution < -0.4 is 5.32 Å². The normalized spacial score (nSPS) is 11.8. The van der Waals surface area contributed by atoms with Crippen molar-refractivity contribution in [2.24, 2.45) is 0 Å². The van der Waals surface area contributed by atoms with Gasteiger partial charge in [0.25, 0.3) is 0 Å². The lowest BCUT2D eigenvalue weighted by atomic mass is 10.1. The molecule has 0 fully saturated rings. The van der Waals surface area contributed by atoms with Crippen LogP contribution in [0.25, 0.3) is 22.4 Å². The molecule has 3 rings (SSSR count). The van der Waals surface area contributed by atoms with Crippen LogP contribution in [0.3, 0.4) is 0 Å². The maximum absolute atomic E-state index is 4.68. The van der Waals surface area contributed by atoms with Gasteiger partial charge < -0.3 is 10.3 Å². The van der Waals surface area contributed by atoms with Gasteiger partial charge in [-0.25, -0.2) is 4.98 Å². The molecule has 3 nitrogen and oxygen atoms in total. The summed E-state index contributed by atoms with van der Waals surface area (Å²) in [5.41, 5.74) is 4.26. The minimum atomic E-state index is 0.0160. The van der Waals surface area contributed by atoms with E-state index in [1.165, 1.54) is 0 Å². The molecule has 0 spiro atoms. The number of rotatable bonds is 2. The van der Waals surface area contributed by atoms with Crippen LogP contribution in [-0.2, 0) is 0 Å².